The minimum Gasteiger partial charge on any atom is -0.465 e. The fourth-order valence-electron chi connectivity index (χ4n) is 3.09. The predicted molar refractivity (Wildman–Crippen MR) is 103 cm³/mol. The van der Waals surface area contributed by atoms with Crippen molar-refractivity contribution >= 4 is 33.8 Å². The lowest BCUT2D eigenvalue weighted by atomic mass is 9.96. The fraction of sp³-hybridized carbons (Fsp3) is 0.350. The van der Waals surface area contributed by atoms with Crippen molar-refractivity contribution in [1.82, 2.24) is 4.90 Å². The van der Waals surface area contributed by atoms with Crippen LogP contribution in [0.15, 0.2) is 45.5 Å². The van der Waals surface area contributed by atoms with Crippen LogP contribution in [-0.4, -0.2) is 42.9 Å². The number of hydrogen-bond acceptors (Lipinski definition) is 6. The Morgan fingerprint density at radius 3 is 2.46 bits per heavy atom. The normalized spacial score (nSPS) is 14.6. The standard InChI is InChI=1S/C20H20BrNO6/c1-26-20(25)16-8-11-27-17(16)12-28-19(24)14-6-9-22(10-7-14)18(23)13-2-4-15(21)5-3-13/h2-5,8,11,14H,6-7,9-10,12H2,1H3. The van der Waals surface area contributed by atoms with Gasteiger partial charge >= 0.3 is 11.9 Å². The maximum atomic E-state index is 12.5. The molecular formula is C20H20BrNO6. The zero-order valence-electron chi connectivity index (χ0n) is 15.4. The van der Waals surface area contributed by atoms with E-state index in [1.54, 1.807) is 17.0 Å². The van der Waals surface area contributed by atoms with E-state index in [0.29, 0.717) is 31.5 Å². The molecule has 1 aliphatic rings. The summed E-state index contributed by atoms with van der Waals surface area (Å²) < 4.78 is 16.1. The third-order valence-electron chi connectivity index (χ3n) is 4.70. The number of esters is 2. The summed E-state index contributed by atoms with van der Waals surface area (Å²) in [7, 11) is 1.27. The van der Waals surface area contributed by atoms with Crippen LogP contribution < -0.4 is 0 Å². The van der Waals surface area contributed by atoms with E-state index in [1.165, 1.54) is 19.4 Å². The first-order valence-corrected chi connectivity index (χ1v) is 9.65. The molecule has 0 bridgehead atoms. The molecule has 0 unspecified atom stereocenters. The molecule has 1 amide bonds. The molecule has 148 valence electrons. The fourth-order valence-corrected chi connectivity index (χ4v) is 3.36. The van der Waals surface area contributed by atoms with E-state index in [-0.39, 0.29) is 35.7 Å². The van der Waals surface area contributed by atoms with Crippen molar-refractivity contribution in [1.29, 1.82) is 0 Å². The molecular weight excluding hydrogens is 430 g/mol. The number of carbonyl (C=O) groups excluding carboxylic acids is 3. The lowest BCUT2D eigenvalue weighted by molar-refractivity contribution is -0.152. The van der Waals surface area contributed by atoms with Crippen molar-refractivity contribution in [3.63, 3.8) is 0 Å². The molecule has 0 spiro atoms. The monoisotopic (exact) mass is 449 g/mol. The third-order valence-corrected chi connectivity index (χ3v) is 5.23. The van der Waals surface area contributed by atoms with Crippen LogP contribution in [0.1, 0.15) is 39.3 Å². The summed E-state index contributed by atoms with van der Waals surface area (Å²) in [6.07, 6.45) is 2.41. The summed E-state index contributed by atoms with van der Waals surface area (Å²) in [4.78, 5) is 38.2. The Morgan fingerprint density at radius 2 is 1.82 bits per heavy atom. The summed E-state index contributed by atoms with van der Waals surface area (Å²) >= 11 is 3.35. The summed E-state index contributed by atoms with van der Waals surface area (Å²) in [5.41, 5.74) is 0.864. The summed E-state index contributed by atoms with van der Waals surface area (Å²) in [5.74, 6) is -0.978. The van der Waals surface area contributed by atoms with Crippen molar-refractivity contribution < 1.29 is 28.3 Å². The smallest absolute Gasteiger partial charge is 0.341 e. The highest BCUT2D eigenvalue weighted by atomic mass is 79.9. The maximum Gasteiger partial charge on any atom is 0.341 e. The topological polar surface area (TPSA) is 86.1 Å². The number of hydrogen-bond donors (Lipinski definition) is 0. The number of furan rings is 1. The highest BCUT2D eigenvalue weighted by molar-refractivity contribution is 9.10. The largest absolute Gasteiger partial charge is 0.465 e. The molecule has 0 atom stereocenters. The molecule has 0 aliphatic carbocycles. The summed E-state index contributed by atoms with van der Waals surface area (Å²) in [6, 6.07) is 8.68. The SMILES string of the molecule is COC(=O)c1ccoc1COC(=O)C1CCN(C(=O)c2ccc(Br)cc2)CC1. The molecule has 28 heavy (non-hydrogen) atoms. The number of nitrogens with zero attached hydrogens (tertiary/aromatic N) is 1. The first kappa shape index (κ1) is 20.1. The van der Waals surface area contributed by atoms with Crippen LogP contribution in [0, 0.1) is 5.92 Å². The van der Waals surface area contributed by atoms with Crippen molar-refractivity contribution in [3.05, 3.63) is 58.0 Å². The molecule has 1 fully saturated rings. The second-order valence-electron chi connectivity index (χ2n) is 6.43. The molecule has 1 aliphatic heterocycles. The lowest BCUT2D eigenvalue weighted by Crippen LogP contribution is -2.40. The Hall–Kier alpha value is -2.61. The van der Waals surface area contributed by atoms with Gasteiger partial charge in [-0.15, -0.1) is 0 Å². The van der Waals surface area contributed by atoms with Crippen molar-refractivity contribution in [2.24, 2.45) is 5.92 Å². The molecule has 1 aromatic carbocycles. The van der Waals surface area contributed by atoms with Gasteiger partial charge < -0.3 is 18.8 Å². The number of carbonyl (C=O) groups is 3. The van der Waals surface area contributed by atoms with Gasteiger partial charge in [-0.1, -0.05) is 15.9 Å². The molecule has 2 heterocycles. The van der Waals surface area contributed by atoms with E-state index in [1.807, 2.05) is 12.1 Å². The molecule has 1 saturated heterocycles. The van der Waals surface area contributed by atoms with E-state index >= 15 is 0 Å². The van der Waals surface area contributed by atoms with Crippen molar-refractivity contribution in [2.45, 2.75) is 19.4 Å². The molecule has 0 radical (unpaired) electrons. The molecule has 7 nitrogen and oxygen atoms in total. The summed E-state index contributed by atoms with van der Waals surface area (Å²) in [5, 5.41) is 0. The van der Waals surface area contributed by atoms with Crippen LogP contribution in [-0.2, 0) is 20.9 Å². The average molecular weight is 450 g/mol. The van der Waals surface area contributed by atoms with Gasteiger partial charge in [-0.2, -0.15) is 0 Å². The van der Waals surface area contributed by atoms with Gasteiger partial charge in [0.25, 0.3) is 5.91 Å². The van der Waals surface area contributed by atoms with E-state index in [0.717, 1.165) is 4.47 Å². The van der Waals surface area contributed by atoms with Crippen molar-refractivity contribution in [2.75, 3.05) is 20.2 Å². The number of amides is 1. The van der Waals surface area contributed by atoms with Gasteiger partial charge in [0.05, 0.1) is 19.3 Å². The Kier molecular flexibility index (Phi) is 6.51. The first-order chi connectivity index (χ1) is 13.5. The highest BCUT2D eigenvalue weighted by Crippen LogP contribution is 2.22. The van der Waals surface area contributed by atoms with Gasteiger partial charge in [-0.3, -0.25) is 9.59 Å². The number of rotatable bonds is 5. The minimum atomic E-state index is -0.542. The molecule has 0 saturated carbocycles. The molecule has 0 N–H and O–H groups in total. The quantitative estimate of drug-likeness (QED) is 0.649. The van der Waals surface area contributed by atoms with Crippen LogP contribution in [0.5, 0.6) is 0 Å². The average Bonchev–Trinajstić information content (AvgIpc) is 3.20. The second-order valence-corrected chi connectivity index (χ2v) is 7.35. The highest BCUT2D eigenvalue weighted by Gasteiger charge is 2.29. The van der Waals surface area contributed by atoms with Crippen LogP contribution in [0.25, 0.3) is 0 Å². The molecule has 8 heteroatoms. The number of halogens is 1. The number of piperidine rings is 1. The maximum absolute atomic E-state index is 12.5. The predicted octanol–water partition coefficient (Wildman–Crippen LogP) is 3.42. The van der Waals surface area contributed by atoms with Crippen molar-refractivity contribution in [3.8, 4) is 0 Å². The van der Waals surface area contributed by atoms with Gasteiger partial charge in [0, 0.05) is 23.1 Å². The van der Waals surface area contributed by atoms with E-state index in [2.05, 4.69) is 20.7 Å². The van der Waals surface area contributed by atoms with Crippen LogP contribution >= 0.6 is 15.9 Å². The van der Waals surface area contributed by atoms with E-state index < -0.39 is 5.97 Å². The lowest BCUT2D eigenvalue weighted by Gasteiger charge is -2.31. The zero-order chi connectivity index (χ0) is 20.1. The first-order valence-electron chi connectivity index (χ1n) is 8.85. The zero-order valence-corrected chi connectivity index (χ0v) is 16.9. The molecule has 3 rings (SSSR count). The minimum absolute atomic E-state index is 0.0439. The Balaban J connectivity index is 1.50. The Labute approximate surface area is 170 Å². The van der Waals surface area contributed by atoms with Gasteiger partial charge in [-0.25, -0.2) is 4.79 Å². The van der Waals surface area contributed by atoms with Gasteiger partial charge in [0.15, 0.2) is 5.76 Å². The van der Waals surface area contributed by atoms with Gasteiger partial charge in [0.1, 0.15) is 12.2 Å². The van der Waals surface area contributed by atoms with E-state index in [4.69, 9.17) is 9.15 Å². The van der Waals surface area contributed by atoms with E-state index in [9.17, 15) is 14.4 Å². The Morgan fingerprint density at radius 1 is 1.14 bits per heavy atom. The van der Waals surface area contributed by atoms with Crippen LogP contribution in [0.2, 0.25) is 0 Å². The second kappa shape index (κ2) is 9.05. The number of likely N-dealkylation sites (tertiary alicyclic amines) is 1. The third kappa shape index (κ3) is 4.62. The Bertz CT molecular complexity index is 852. The number of ether oxygens (including phenoxy) is 2. The van der Waals surface area contributed by atoms with Gasteiger partial charge in [0.2, 0.25) is 0 Å². The molecule has 2 aromatic rings. The number of methoxy groups -OCH3 is 1. The summed E-state index contributed by atoms with van der Waals surface area (Å²) in [6.45, 7) is 0.847. The van der Waals surface area contributed by atoms with Crippen LogP contribution in [0.3, 0.4) is 0 Å². The molecule has 1 aromatic heterocycles. The van der Waals surface area contributed by atoms with Gasteiger partial charge in [-0.05, 0) is 43.2 Å². The van der Waals surface area contributed by atoms with Crippen LogP contribution in [0.4, 0.5) is 0 Å². The number of benzene rings is 1.